The fraction of sp³-hybridized carbons (Fsp3) is 0.467. The number of rotatable bonds is 3. The van der Waals surface area contributed by atoms with E-state index in [0.29, 0.717) is 11.6 Å². The maximum atomic E-state index is 12.7. The van der Waals surface area contributed by atoms with E-state index >= 15 is 0 Å². The summed E-state index contributed by atoms with van der Waals surface area (Å²) in [6, 6.07) is 6.97. The van der Waals surface area contributed by atoms with Gasteiger partial charge in [-0.3, -0.25) is 4.90 Å². The number of benzene rings is 1. The van der Waals surface area contributed by atoms with Crippen LogP contribution < -0.4 is 5.73 Å². The average Bonchev–Trinajstić information content (AvgIpc) is 2.38. The van der Waals surface area contributed by atoms with Gasteiger partial charge in [-0.15, -0.1) is 0 Å². The van der Waals surface area contributed by atoms with Gasteiger partial charge in [0.1, 0.15) is 0 Å². The minimum atomic E-state index is -4.23. The van der Waals surface area contributed by atoms with E-state index < -0.39 is 11.7 Å². The topological polar surface area (TPSA) is 29.3 Å². The lowest BCUT2D eigenvalue weighted by Gasteiger charge is -2.36. The molecule has 0 amide bonds. The van der Waals surface area contributed by atoms with Crippen LogP contribution in [0.1, 0.15) is 24.9 Å². The minimum Gasteiger partial charge on any atom is -0.326 e. The van der Waals surface area contributed by atoms with Crippen LogP contribution in [0.4, 0.5) is 13.2 Å². The van der Waals surface area contributed by atoms with Gasteiger partial charge in [0, 0.05) is 35.8 Å². The minimum absolute atomic E-state index is 0.00666. The zero-order valence-electron chi connectivity index (χ0n) is 11.7. The van der Waals surface area contributed by atoms with Crippen LogP contribution >= 0.6 is 11.6 Å². The molecule has 0 saturated heterocycles. The first kappa shape index (κ1) is 16.3. The van der Waals surface area contributed by atoms with Crippen molar-refractivity contribution < 1.29 is 13.2 Å². The largest absolute Gasteiger partial charge is 0.412 e. The van der Waals surface area contributed by atoms with Crippen LogP contribution in [-0.4, -0.2) is 30.2 Å². The summed E-state index contributed by atoms with van der Waals surface area (Å²) >= 11 is 6.00. The summed E-state index contributed by atoms with van der Waals surface area (Å²) in [6.07, 6.45) is -2.98. The Hall–Kier alpha value is -1.04. The van der Waals surface area contributed by atoms with E-state index in [0.717, 1.165) is 5.56 Å². The van der Waals surface area contributed by atoms with E-state index in [2.05, 4.69) is 0 Å². The molecule has 2 N–H and O–H groups in total. The fourth-order valence-corrected chi connectivity index (χ4v) is 2.93. The Kier molecular flexibility index (Phi) is 4.96. The Morgan fingerprint density at radius 3 is 2.52 bits per heavy atom. The maximum absolute atomic E-state index is 12.7. The third-order valence-electron chi connectivity index (χ3n) is 3.69. The lowest BCUT2D eigenvalue weighted by Crippen LogP contribution is -2.42. The number of hydrogen-bond acceptors (Lipinski definition) is 2. The van der Waals surface area contributed by atoms with Crippen molar-refractivity contribution in [2.24, 2.45) is 5.73 Å². The van der Waals surface area contributed by atoms with Crippen molar-refractivity contribution in [2.75, 3.05) is 13.1 Å². The van der Waals surface area contributed by atoms with Crippen molar-refractivity contribution in [2.45, 2.75) is 31.6 Å². The summed E-state index contributed by atoms with van der Waals surface area (Å²) in [5.41, 5.74) is 6.52. The molecule has 116 valence electrons. The van der Waals surface area contributed by atoms with Gasteiger partial charge in [0.15, 0.2) is 0 Å². The second-order valence-corrected chi connectivity index (χ2v) is 5.77. The molecule has 1 aliphatic rings. The molecule has 0 saturated carbocycles. The monoisotopic (exact) mass is 318 g/mol. The highest BCUT2D eigenvalue weighted by Gasteiger charge is 2.36. The van der Waals surface area contributed by atoms with Gasteiger partial charge in [0.2, 0.25) is 0 Å². The summed E-state index contributed by atoms with van der Waals surface area (Å²) in [5, 5.41) is 0.599. The summed E-state index contributed by atoms with van der Waals surface area (Å²) in [4.78, 5) is 1.96. The van der Waals surface area contributed by atoms with Crippen molar-refractivity contribution in [1.82, 2.24) is 4.90 Å². The molecular formula is C15H18ClF3N2. The van der Waals surface area contributed by atoms with E-state index in [9.17, 15) is 13.2 Å². The van der Waals surface area contributed by atoms with E-state index in [1.54, 1.807) is 6.07 Å². The van der Waals surface area contributed by atoms with Crippen LogP contribution in [0.25, 0.3) is 0 Å². The van der Waals surface area contributed by atoms with Gasteiger partial charge in [-0.2, -0.15) is 13.2 Å². The summed E-state index contributed by atoms with van der Waals surface area (Å²) in [5.74, 6) is 0. The number of nitrogens with two attached hydrogens (primary N) is 1. The predicted molar refractivity (Wildman–Crippen MR) is 78.2 cm³/mol. The Bertz CT molecular complexity index is 526. The molecule has 6 heteroatoms. The highest BCUT2D eigenvalue weighted by molar-refractivity contribution is 6.30. The van der Waals surface area contributed by atoms with E-state index in [-0.39, 0.29) is 25.0 Å². The SMILES string of the molecule is CC(N)C(c1cccc(Cl)c1)N1CC=C(C(F)(F)F)CC1. The Morgan fingerprint density at radius 2 is 2.05 bits per heavy atom. The standard InChI is InChI=1S/C15H18ClF3N2/c1-10(20)14(11-3-2-4-13(16)9-11)21-7-5-12(6-8-21)15(17,18)19/h2-5,9-10,14H,6-8,20H2,1H3. The van der Waals surface area contributed by atoms with Crippen molar-refractivity contribution in [3.63, 3.8) is 0 Å². The van der Waals surface area contributed by atoms with Crippen molar-refractivity contribution in [3.8, 4) is 0 Å². The number of hydrogen-bond donors (Lipinski definition) is 1. The number of halogens is 4. The predicted octanol–water partition coefficient (Wildman–Crippen LogP) is 3.92. The molecule has 2 rings (SSSR count). The Balaban J connectivity index is 2.20. The average molecular weight is 319 g/mol. The Morgan fingerprint density at radius 1 is 1.33 bits per heavy atom. The van der Waals surface area contributed by atoms with E-state index in [1.807, 2.05) is 30.0 Å². The molecule has 0 fully saturated rings. The summed E-state index contributed by atoms with van der Waals surface area (Å²) in [6.45, 7) is 2.44. The third-order valence-corrected chi connectivity index (χ3v) is 3.92. The zero-order chi connectivity index (χ0) is 15.6. The number of alkyl halides is 3. The molecule has 0 spiro atoms. The van der Waals surface area contributed by atoms with Crippen LogP contribution in [-0.2, 0) is 0 Å². The highest BCUT2D eigenvalue weighted by atomic mass is 35.5. The van der Waals surface area contributed by atoms with Crippen molar-refractivity contribution >= 4 is 11.6 Å². The third kappa shape index (κ3) is 3.99. The second-order valence-electron chi connectivity index (χ2n) is 5.33. The van der Waals surface area contributed by atoms with Gasteiger partial charge in [-0.25, -0.2) is 0 Å². The zero-order valence-corrected chi connectivity index (χ0v) is 12.5. The summed E-state index contributed by atoms with van der Waals surface area (Å²) < 4.78 is 38.0. The Labute approximate surface area is 127 Å². The molecular weight excluding hydrogens is 301 g/mol. The molecule has 2 unspecified atom stereocenters. The smallest absolute Gasteiger partial charge is 0.326 e. The molecule has 1 aromatic carbocycles. The first-order valence-electron chi connectivity index (χ1n) is 6.80. The van der Waals surface area contributed by atoms with E-state index in [1.165, 1.54) is 6.08 Å². The highest BCUT2D eigenvalue weighted by Crippen LogP contribution is 2.33. The molecule has 1 aromatic rings. The van der Waals surface area contributed by atoms with Gasteiger partial charge in [-0.1, -0.05) is 29.8 Å². The van der Waals surface area contributed by atoms with Crippen LogP contribution in [0.15, 0.2) is 35.9 Å². The van der Waals surface area contributed by atoms with Crippen molar-refractivity contribution in [1.29, 1.82) is 0 Å². The van der Waals surface area contributed by atoms with Gasteiger partial charge in [-0.05, 0) is 31.0 Å². The van der Waals surface area contributed by atoms with Gasteiger partial charge >= 0.3 is 6.18 Å². The van der Waals surface area contributed by atoms with Crippen LogP contribution in [0, 0.1) is 0 Å². The molecule has 2 nitrogen and oxygen atoms in total. The molecule has 1 heterocycles. The van der Waals surface area contributed by atoms with Gasteiger partial charge in [0.25, 0.3) is 0 Å². The molecule has 0 aliphatic carbocycles. The molecule has 0 aromatic heterocycles. The molecule has 0 bridgehead atoms. The number of nitrogens with zero attached hydrogens (tertiary/aromatic N) is 1. The van der Waals surface area contributed by atoms with Crippen LogP contribution in [0.5, 0.6) is 0 Å². The van der Waals surface area contributed by atoms with Crippen molar-refractivity contribution in [3.05, 3.63) is 46.5 Å². The summed E-state index contributed by atoms with van der Waals surface area (Å²) in [7, 11) is 0. The first-order valence-corrected chi connectivity index (χ1v) is 7.18. The van der Waals surface area contributed by atoms with Crippen LogP contribution in [0.3, 0.4) is 0 Å². The molecule has 1 aliphatic heterocycles. The van der Waals surface area contributed by atoms with Crippen LogP contribution in [0.2, 0.25) is 5.02 Å². The quantitative estimate of drug-likeness (QED) is 0.856. The molecule has 0 radical (unpaired) electrons. The maximum Gasteiger partial charge on any atom is 0.412 e. The first-order chi connectivity index (χ1) is 9.79. The normalized spacial score (nSPS) is 20.0. The van der Waals surface area contributed by atoms with E-state index in [4.69, 9.17) is 17.3 Å². The molecule has 21 heavy (non-hydrogen) atoms. The molecule has 2 atom stereocenters. The van der Waals surface area contributed by atoms with Gasteiger partial charge < -0.3 is 5.73 Å². The van der Waals surface area contributed by atoms with Gasteiger partial charge in [0.05, 0.1) is 0 Å². The fourth-order valence-electron chi connectivity index (χ4n) is 2.73. The lowest BCUT2D eigenvalue weighted by atomic mass is 9.96. The second kappa shape index (κ2) is 6.38. The lowest BCUT2D eigenvalue weighted by molar-refractivity contribution is -0.0965.